The highest BCUT2D eigenvalue weighted by atomic mass is 16.4. The van der Waals surface area contributed by atoms with E-state index in [9.17, 15) is 4.79 Å². The number of nitrogens with two attached hydrogens (primary N) is 1. The number of rotatable bonds is 4. The van der Waals surface area contributed by atoms with Gasteiger partial charge in [-0.2, -0.15) is 0 Å². The van der Waals surface area contributed by atoms with E-state index in [-0.39, 0.29) is 6.42 Å². The van der Waals surface area contributed by atoms with Crippen LogP contribution in [0.15, 0.2) is 30.9 Å². The largest absolute Gasteiger partial charge is 0.481 e. The Labute approximate surface area is 103 Å². The fraction of sp³-hybridized carbons (Fsp3) is 0.182. The first-order chi connectivity index (χ1) is 8.65. The Hall–Kier alpha value is -2.57. The molecule has 0 aliphatic rings. The van der Waals surface area contributed by atoms with Crippen molar-refractivity contribution in [2.24, 2.45) is 0 Å². The Kier molecular flexibility index (Phi) is 3.42. The molecule has 7 nitrogen and oxygen atoms in total. The summed E-state index contributed by atoms with van der Waals surface area (Å²) in [4.78, 5) is 18.6. The van der Waals surface area contributed by atoms with E-state index in [1.807, 2.05) is 0 Å². The summed E-state index contributed by atoms with van der Waals surface area (Å²) in [5.74, 6) is -0.322. The van der Waals surface area contributed by atoms with Gasteiger partial charge in [0.15, 0.2) is 18.6 Å². The second-order valence-corrected chi connectivity index (χ2v) is 3.66. The Morgan fingerprint density at radius 1 is 1.33 bits per heavy atom. The molecular weight excluding hydrogens is 234 g/mol. The molecule has 0 atom stereocenters. The number of hydrogen-bond acceptors (Lipinski definition) is 5. The van der Waals surface area contributed by atoms with Crippen LogP contribution in [-0.4, -0.2) is 26.1 Å². The number of carboxylic acids is 1. The molecule has 7 heteroatoms. The molecule has 0 fully saturated rings. The lowest BCUT2D eigenvalue weighted by atomic mass is 10.3. The number of carbonyl (C=O) groups is 1. The van der Waals surface area contributed by atoms with Gasteiger partial charge in [-0.1, -0.05) is 4.68 Å². The van der Waals surface area contributed by atoms with E-state index >= 15 is 0 Å². The molecule has 92 valence electrons. The van der Waals surface area contributed by atoms with Gasteiger partial charge in [-0.05, 0) is 5.10 Å². The molecule has 0 unspecified atom stereocenters. The molecule has 2 aromatic heterocycles. The molecule has 0 saturated heterocycles. The summed E-state index contributed by atoms with van der Waals surface area (Å²) in [5.41, 5.74) is 6.75. The number of hydrogen-bond donors (Lipinski definition) is 2. The smallest absolute Gasteiger partial charge is 0.309 e. The van der Waals surface area contributed by atoms with Gasteiger partial charge in [0.25, 0.3) is 0 Å². The Morgan fingerprint density at radius 2 is 2.06 bits per heavy atom. The number of carboxylic acid groups (broad SMARTS) is 1. The number of nitrogen functional groups attached to an aromatic ring is 1. The summed E-state index contributed by atoms with van der Waals surface area (Å²) in [6.07, 6.45) is 6.36. The molecular formula is C11H12N5O2+. The monoisotopic (exact) mass is 246 g/mol. The zero-order chi connectivity index (χ0) is 13.0. The van der Waals surface area contributed by atoms with Crippen LogP contribution in [0.5, 0.6) is 0 Å². The normalized spacial score (nSPS) is 10.2. The quantitative estimate of drug-likeness (QED) is 0.729. The van der Waals surface area contributed by atoms with Gasteiger partial charge in [-0.3, -0.25) is 4.79 Å². The van der Waals surface area contributed by atoms with Crippen LogP contribution in [0.25, 0.3) is 11.4 Å². The Bertz CT molecular complexity index is 538. The predicted octanol–water partition coefficient (Wildman–Crippen LogP) is -0.117. The molecule has 18 heavy (non-hydrogen) atoms. The molecule has 2 rings (SSSR count). The van der Waals surface area contributed by atoms with Crippen molar-refractivity contribution < 1.29 is 14.6 Å². The molecule has 0 amide bonds. The van der Waals surface area contributed by atoms with Crippen molar-refractivity contribution in [3.63, 3.8) is 0 Å². The lowest BCUT2D eigenvalue weighted by Crippen LogP contribution is -2.38. The van der Waals surface area contributed by atoms with Crippen molar-refractivity contribution in [3.05, 3.63) is 30.9 Å². The van der Waals surface area contributed by atoms with Crippen LogP contribution in [0.1, 0.15) is 6.42 Å². The van der Waals surface area contributed by atoms with E-state index in [4.69, 9.17) is 10.8 Å². The third-order valence-corrected chi connectivity index (χ3v) is 2.26. The average molecular weight is 246 g/mol. The predicted molar refractivity (Wildman–Crippen MR) is 62.1 cm³/mol. The molecule has 2 heterocycles. The summed E-state index contributed by atoms with van der Waals surface area (Å²) in [6, 6.07) is 1.78. The molecule has 0 spiro atoms. The summed E-state index contributed by atoms with van der Waals surface area (Å²) >= 11 is 0. The molecule has 3 N–H and O–H groups in total. The van der Waals surface area contributed by atoms with E-state index in [0.717, 1.165) is 5.56 Å². The maximum atomic E-state index is 10.4. The fourth-order valence-corrected chi connectivity index (χ4v) is 1.35. The first-order valence-electron chi connectivity index (χ1n) is 5.30. The standard InChI is InChI=1S/C11H11N5O2/c12-9-6-13-11(14-7-9)8-1-3-16(15-5-8)4-2-10(17)18/h1,3,5-7,12H,2,4H2,(H,17,18)/p+1. The van der Waals surface area contributed by atoms with E-state index in [1.54, 1.807) is 23.1 Å². The van der Waals surface area contributed by atoms with Crippen molar-refractivity contribution in [3.8, 4) is 11.4 Å². The van der Waals surface area contributed by atoms with Gasteiger partial charge >= 0.3 is 5.97 Å². The highest BCUT2D eigenvalue weighted by Gasteiger charge is 2.08. The van der Waals surface area contributed by atoms with Crippen LogP contribution >= 0.6 is 0 Å². The van der Waals surface area contributed by atoms with Crippen LogP contribution in [-0.2, 0) is 11.3 Å². The number of aromatic nitrogens is 4. The van der Waals surface area contributed by atoms with Gasteiger partial charge in [0.1, 0.15) is 12.6 Å². The van der Waals surface area contributed by atoms with Gasteiger partial charge in [-0.25, -0.2) is 9.97 Å². The molecule has 0 aliphatic heterocycles. The summed E-state index contributed by atoms with van der Waals surface area (Å²) in [6.45, 7) is 0.332. The molecule has 0 bridgehead atoms. The lowest BCUT2D eigenvalue weighted by Gasteiger charge is -1.98. The van der Waals surface area contributed by atoms with Crippen molar-refractivity contribution in [1.82, 2.24) is 15.1 Å². The third kappa shape index (κ3) is 2.97. The number of anilines is 1. The number of nitrogens with zero attached hydrogens (tertiary/aromatic N) is 4. The van der Waals surface area contributed by atoms with E-state index < -0.39 is 5.97 Å². The van der Waals surface area contributed by atoms with Gasteiger partial charge in [0, 0.05) is 11.6 Å². The van der Waals surface area contributed by atoms with E-state index in [0.29, 0.717) is 18.1 Å². The van der Waals surface area contributed by atoms with Crippen LogP contribution in [0.3, 0.4) is 0 Å². The second-order valence-electron chi connectivity index (χ2n) is 3.66. The SMILES string of the molecule is Nc1cnc(-c2cc[n+](CCC(=O)O)nc2)nc1. The minimum atomic E-state index is -0.852. The number of aryl methyl sites for hydroxylation is 1. The maximum Gasteiger partial charge on any atom is 0.309 e. The van der Waals surface area contributed by atoms with Gasteiger partial charge < -0.3 is 10.8 Å². The maximum absolute atomic E-state index is 10.4. The van der Waals surface area contributed by atoms with Crippen molar-refractivity contribution >= 4 is 11.7 Å². The van der Waals surface area contributed by atoms with Crippen LogP contribution < -0.4 is 10.4 Å². The van der Waals surface area contributed by atoms with Crippen molar-refractivity contribution in [1.29, 1.82) is 0 Å². The highest BCUT2D eigenvalue weighted by Crippen LogP contribution is 2.11. The second kappa shape index (κ2) is 5.17. The fourth-order valence-electron chi connectivity index (χ4n) is 1.35. The molecule has 0 aliphatic carbocycles. The zero-order valence-corrected chi connectivity index (χ0v) is 9.52. The molecule has 0 saturated carbocycles. The minimum absolute atomic E-state index is 0.0371. The van der Waals surface area contributed by atoms with Crippen molar-refractivity contribution in [2.75, 3.05) is 5.73 Å². The Balaban J connectivity index is 2.12. The topological polar surface area (TPSA) is 106 Å². The molecule has 0 radical (unpaired) electrons. The van der Waals surface area contributed by atoms with Crippen LogP contribution in [0.4, 0.5) is 5.69 Å². The molecule has 2 aromatic rings. The highest BCUT2D eigenvalue weighted by molar-refractivity contribution is 5.66. The third-order valence-electron chi connectivity index (χ3n) is 2.26. The lowest BCUT2D eigenvalue weighted by molar-refractivity contribution is -0.752. The summed E-state index contributed by atoms with van der Waals surface area (Å²) in [7, 11) is 0. The van der Waals surface area contributed by atoms with Crippen LogP contribution in [0, 0.1) is 0 Å². The van der Waals surface area contributed by atoms with E-state index in [1.165, 1.54) is 12.4 Å². The van der Waals surface area contributed by atoms with E-state index in [2.05, 4.69) is 15.1 Å². The zero-order valence-electron chi connectivity index (χ0n) is 9.52. The molecule has 0 aromatic carbocycles. The van der Waals surface area contributed by atoms with Gasteiger partial charge in [0.05, 0.1) is 18.1 Å². The average Bonchev–Trinajstić information content (AvgIpc) is 2.38. The van der Waals surface area contributed by atoms with Gasteiger partial charge in [0.2, 0.25) is 0 Å². The summed E-state index contributed by atoms with van der Waals surface area (Å²) < 4.78 is 1.55. The first kappa shape index (κ1) is 11.9. The minimum Gasteiger partial charge on any atom is -0.481 e. The van der Waals surface area contributed by atoms with Gasteiger partial charge in [-0.15, -0.1) is 0 Å². The van der Waals surface area contributed by atoms with Crippen LogP contribution in [0.2, 0.25) is 0 Å². The Morgan fingerprint density at radius 3 is 2.61 bits per heavy atom. The van der Waals surface area contributed by atoms with Crippen molar-refractivity contribution in [2.45, 2.75) is 13.0 Å². The number of aliphatic carboxylic acids is 1. The first-order valence-corrected chi connectivity index (χ1v) is 5.30. The summed E-state index contributed by atoms with van der Waals surface area (Å²) in [5, 5.41) is 12.7.